The highest BCUT2D eigenvalue weighted by molar-refractivity contribution is 6.10. The van der Waals surface area contributed by atoms with E-state index in [9.17, 15) is 14.4 Å². The van der Waals surface area contributed by atoms with Crippen molar-refractivity contribution in [2.45, 2.75) is 38.1 Å². The largest absolute Gasteiger partial charge is 0.338 e. The van der Waals surface area contributed by atoms with Gasteiger partial charge in [0.2, 0.25) is 11.8 Å². The number of fused-ring (bicyclic) bond motifs is 2. The lowest BCUT2D eigenvalue weighted by Crippen LogP contribution is -2.60. The first-order valence-electron chi connectivity index (χ1n) is 9.15. The molecule has 3 aliphatic rings. The highest BCUT2D eigenvalue weighted by atomic mass is 16.2. The van der Waals surface area contributed by atoms with Crippen LogP contribution in [0.1, 0.15) is 42.5 Å². The average molecular weight is 341 g/mol. The van der Waals surface area contributed by atoms with E-state index in [1.165, 1.54) is 6.42 Å². The molecule has 25 heavy (non-hydrogen) atoms. The third kappa shape index (κ3) is 2.90. The molecule has 1 N–H and O–H groups in total. The van der Waals surface area contributed by atoms with E-state index in [0.717, 1.165) is 25.7 Å². The zero-order valence-electron chi connectivity index (χ0n) is 14.2. The number of carbonyl (C=O) groups excluding carboxylic acids is 3. The summed E-state index contributed by atoms with van der Waals surface area (Å²) < 4.78 is 0. The van der Waals surface area contributed by atoms with Crippen molar-refractivity contribution >= 4 is 23.4 Å². The van der Waals surface area contributed by atoms with Crippen LogP contribution in [0.15, 0.2) is 24.3 Å². The smallest absolute Gasteiger partial charge is 0.256 e. The molecule has 1 aromatic carbocycles. The molecular formula is C19H23N3O3. The van der Waals surface area contributed by atoms with E-state index in [0.29, 0.717) is 30.9 Å². The molecule has 0 aromatic heterocycles. The predicted octanol–water partition coefficient (Wildman–Crippen LogP) is 1.87. The molecule has 1 saturated heterocycles. The van der Waals surface area contributed by atoms with E-state index in [-0.39, 0.29) is 23.6 Å². The standard InChI is InChI=1S/C19H23N3O3/c23-17-16-12-21(18(24)13-6-2-1-3-7-13)10-11-22(16)19(25)14-8-4-5-9-15(14)20-17/h4-5,8-9,13,16H,1-3,6-7,10-12H2,(H,20,23). The molecule has 4 rings (SSSR count). The van der Waals surface area contributed by atoms with Gasteiger partial charge in [-0.1, -0.05) is 31.4 Å². The summed E-state index contributed by atoms with van der Waals surface area (Å²) in [5.41, 5.74) is 1.07. The summed E-state index contributed by atoms with van der Waals surface area (Å²) >= 11 is 0. The molecule has 132 valence electrons. The molecule has 1 aliphatic carbocycles. The summed E-state index contributed by atoms with van der Waals surface area (Å²) in [6, 6.07) is 6.47. The van der Waals surface area contributed by atoms with Crippen LogP contribution in [0, 0.1) is 5.92 Å². The van der Waals surface area contributed by atoms with Crippen LogP contribution in [-0.2, 0) is 9.59 Å². The molecule has 1 saturated carbocycles. The maximum Gasteiger partial charge on any atom is 0.256 e. The minimum atomic E-state index is -0.610. The first kappa shape index (κ1) is 16.1. The molecule has 6 nitrogen and oxygen atoms in total. The predicted molar refractivity (Wildman–Crippen MR) is 93.1 cm³/mol. The summed E-state index contributed by atoms with van der Waals surface area (Å²) in [4.78, 5) is 41.7. The van der Waals surface area contributed by atoms with E-state index in [2.05, 4.69) is 5.32 Å². The monoisotopic (exact) mass is 341 g/mol. The van der Waals surface area contributed by atoms with Crippen molar-refractivity contribution in [2.75, 3.05) is 25.0 Å². The Kier molecular flexibility index (Phi) is 4.19. The fourth-order valence-corrected chi connectivity index (χ4v) is 4.21. The Balaban J connectivity index is 1.54. The van der Waals surface area contributed by atoms with Crippen molar-refractivity contribution in [3.63, 3.8) is 0 Å². The van der Waals surface area contributed by atoms with Gasteiger partial charge in [-0.25, -0.2) is 0 Å². The molecule has 3 amide bonds. The van der Waals surface area contributed by atoms with Crippen LogP contribution in [0.3, 0.4) is 0 Å². The summed E-state index contributed by atoms with van der Waals surface area (Å²) in [7, 11) is 0. The lowest BCUT2D eigenvalue weighted by molar-refractivity contribution is -0.140. The van der Waals surface area contributed by atoms with Gasteiger partial charge in [0.25, 0.3) is 5.91 Å². The van der Waals surface area contributed by atoms with Crippen LogP contribution < -0.4 is 5.32 Å². The Morgan fingerprint density at radius 3 is 2.60 bits per heavy atom. The van der Waals surface area contributed by atoms with Gasteiger partial charge >= 0.3 is 0 Å². The van der Waals surface area contributed by atoms with E-state index >= 15 is 0 Å². The van der Waals surface area contributed by atoms with Crippen molar-refractivity contribution in [3.8, 4) is 0 Å². The number of piperazine rings is 1. The molecule has 0 radical (unpaired) electrons. The minimum absolute atomic E-state index is 0.0852. The third-order valence-corrected chi connectivity index (χ3v) is 5.63. The van der Waals surface area contributed by atoms with Crippen LogP contribution in [0.25, 0.3) is 0 Å². The van der Waals surface area contributed by atoms with Gasteiger partial charge in [0.1, 0.15) is 6.04 Å². The number of nitrogens with zero attached hydrogens (tertiary/aromatic N) is 2. The number of carbonyl (C=O) groups is 3. The van der Waals surface area contributed by atoms with Gasteiger partial charge in [-0.2, -0.15) is 0 Å². The SMILES string of the molecule is O=C1Nc2ccccc2C(=O)N2CCN(C(=O)C3CCCCC3)CC12. The third-order valence-electron chi connectivity index (χ3n) is 5.63. The molecule has 1 atom stereocenters. The highest BCUT2D eigenvalue weighted by Gasteiger charge is 2.41. The summed E-state index contributed by atoms with van der Waals surface area (Å²) in [5.74, 6) is -0.105. The average Bonchev–Trinajstić information content (AvgIpc) is 2.77. The molecule has 6 heteroatoms. The molecular weight excluding hydrogens is 318 g/mol. The van der Waals surface area contributed by atoms with Crippen molar-refractivity contribution in [1.29, 1.82) is 0 Å². The Hall–Kier alpha value is -2.37. The first-order valence-corrected chi connectivity index (χ1v) is 9.15. The second kappa shape index (κ2) is 6.50. The van der Waals surface area contributed by atoms with Crippen LogP contribution in [-0.4, -0.2) is 53.2 Å². The molecule has 1 aromatic rings. The quantitative estimate of drug-likeness (QED) is 0.848. The number of rotatable bonds is 1. The second-order valence-electron chi connectivity index (χ2n) is 7.17. The molecule has 2 fully saturated rings. The van der Waals surface area contributed by atoms with Gasteiger partial charge in [-0.3, -0.25) is 14.4 Å². The number of anilines is 1. The lowest BCUT2D eigenvalue weighted by atomic mass is 9.88. The zero-order chi connectivity index (χ0) is 17.4. The number of nitrogens with one attached hydrogen (secondary N) is 1. The molecule has 2 heterocycles. The number of para-hydroxylation sites is 1. The normalized spacial score (nSPS) is 24.2. The van der Waals surface area contributed by atoms with E-state index in [1.54, 1.807) is 34.1 Å². The number of amides is 3. The van der Waals surface area contributed by atoms with E-state index < -0.39 is 6.04 Å². The number of hydrogen-bond donors (Lipinski definition) is 1. The van der Waals surface area contributed by atoms with Crippen LogP contribution in [0.4, 0.5) is 5.69 Å². The lowest BCUT2D eigenvalue weighted by Gasteiger charge is -2.40. The molecule has 2 aliphatic heterocycles. The Morgan fingerprint density at radius 2 is 1.80 bits per heavy atom. The van der Waals surface area contributed by atoms with Gasteiger partial charge in [-0.05, 0) is 25.0 Å². The Bertz CT molecular complexity index is 712. The van der Waals surface area contributed by atoms with Crippen molar-refractivity contribution in [2.24, 2.45) is 5.92 Å². The van der Waals surface area contributed by atoms with E-state index in [4.69, 9.17) is 0 Å². The van der Waals surface area contributed by atoms with Gasteiger partial charge in [-0.15, -0.1) is 0 Å². The Labute approximate surface area is 147 Å². The summed E-state index contributed by atoms with van der Waals surface area (Å²) in [6.45, 7) is 1.21. The summed E-state index contributed by atoms with van der Waals surface area (Å²) in [5, 5.41) is 2.85. The first-order chi connectivity index (χ1) is 12.1. The van der Waals surface area contributed by atoms with E-state index in [1.807, 2.05) is 0 Å². The van der Waals surface area contributed by atoms with Crippen molar-refractivity contribution in [3.05, 3.63) is 29.8 Å². The topological polar surface area (TPSA) is 69.7 Å². The van der Waals surface area contributed by atoms with Gasteiger partial charge in [0.05, 0.1) is 17.8 Å². The Morgan fingerprint density at radius 1 is 1.04 bits per heavy atom. The molecule has 0 spiro atoms. The van der Waals surface area contributed by atoms with Crippen molar-refractivity contribution < 1.29 is 14.4 Å². The fourth-order valence-electron chi connectivity index (χ4n) is 4.21. The summed E-state index contributed by atoms with van der Waals surface area (Å²) in [6.07, 6.45) is 5.30. The highest BCUT2D eigenvalue weighted by Crippen LogP contribution is 2.28. The maximum absolute atomic E-state index is 12.8. The fraction of sp³-hybridized carbons (Fsp3) is 0.526. The van der Waals surface area contributed by atoms with Crippen LogP contribution in [0.5, 0.6) is 0 Å². The van der Waals surface area contributed by atoms with Crippen molar-refractivity contribution in [1.82, 2.24) is 9.80 Å². The molecule has 1 unspecified atom stereocenters. The van der Waals surface area contributed by atoms with Gasteiger partial charge in [0, 0.05) is 19.0 Å². The zero-order valence-corrected chi connectivity index (χ0v) is 14.2. The van der Waals surface area contributed by atoms with Gasteiger partial charge in [0.15, 0.2) is 0 Å². The number of hydrogen-bond acceptors (Lipinski definition) is 3. The van der Waals surface area contributed by atoms with Crippen LogP contribution in [0.2, 0.25) is 0 Å². The van der Waals surface area contributed by atoms with Gasteiger partial charge < -0.3 is 15.1 Å². The molecule has 0 bridgehead atoms. The second-order valence-corrected chi connectivity index (χ2v) is 7.17. The minimum Gasteiger partial charge on any atom is -0.338 e. The maximum atomic E-state index is 12.8. The number of benzene rings is 1. The van der Waals surface area contributed by atoms with Crippen LogP contribution >= 0.6 is 0 Å².